The maximum atomic E-state index is 10.7. The van der Waals surface area contributed by atoms with Crippen molar-refractivity contribution in [2.75, 3.05) is 6.61 Å². The molecule has 0 spiro atoms. The summed E-state index contributed by atoms with van der Waals surface area (Å²) in [5, 5.41) is 10.3. The standard InChI is InChI=1S/C6H10O7S.K/c1-5(7)3-11-13-14(9,10)12-4-6(2)8;/h4,8H,3H2,1-2H3;/q;+1/p-1/b6-4-;. The van der Waals surface area contributed by atoms with Crippen molar-refractivity contribution in [3.63, 3.8) is 0 Å². The Morgan fingerprint density at radius 1 is 1.40 bits per heavy atom. The summed E-state index contributed by atoms with van der Waals surface area (Å²) in [5.41, 5.74) is 0. The van der Waals surface area contributed by atoms with E-state index < -0.39 is 28.5 Å². The summed E-state index contributed by atoms with van der Waals surface area (Å²) in [5.74, 6) is -1.03. The van der Waals surface area contributed by atoms with E-state index in [1.807, 2.05) is 0 Å². The van der Waals surface area contributed by atoms with Crippen LogP contribution in [0.4, 0.5) is 0 Å². The van der Waals surface area contributed by atoms with Gasteiger partial charge in [0.15, 0.2) is 5.78 Å². The zero-order valence-corrected chi connectivity index (χ0v) is 12.5. The molecule has 0 aromatic rings. The minimum atomic E-state index is -4.42. The maximum Gasteiger partial charge on any atom is 1.00 e. The minimum absolute atomic E-state index is 0. The Morgan fingerprint density at radius 3 is 2.33 bits per heavy atom. The fourth-order valence-corrected chi connectivity index (χ4v) is 0.760. The number of Topliss-reactive ketones (excluding diaryl/α,β-unsaturated/α-hetero) is 1. The smallest absolute Gasteiger partial charge is 0.874 e. The number of ketones is 1. The molecule has 82 valence electrons. The Morgan fingerprint density at radius 2 is 1.93 bits per heavy atom. The molecule has 0 amide bonds. The predicted octanol–water partition coefficient (Wildman–Crippen LogP) is -3.99. The topological polar surface area (TPSA) is 102 Å². The van der Waals surface area contributed by atoms with Gasteiger partial charge in [-0.15, -0.1) is 0 Å². The van der Waals surface area contributed by atoms with Crippen LogP contribution >= 0.6 is 0 Å². The molecule has 0 saturated carbocycles. The summed E-state index contributed by atoms with van der Waals surface area (Å²) >= 11 is 0. The molecule has 9 heteroatoms. The molecular formula is C6H9KO7S. The van der Waals surface area contributed by atoms with E-state index in [1.54, 1.807) is 0 Å². The van der Waals surface area contributed by atoms with Gasteiger partial charge in [-0.2, -0.15) is 8.42 Å². The van der Waals surface area contributed by atoms with Crippen LogP contribution in [0.5, 0.6) is 0 Å². The third kappa shape index (κ3) is 12.4. The van der Waals surface area contributed by atoms with Gasteiger partial charge < -0.3 is 9.29 Å². The van der Waals surface area contributed by atoms with Crippen molar-refractivity contribution in [3.05, 3.63) is 12.0 Å². The second-order valence-electron chi connectivity index (χ2n) is 2.27. The van der Waals surface area contributed by atoms with Crippen molar-refractivity contribution in [2.45, 2.75) is 13.8 Å². The van der Waals surface area contributed by atoms with E-state index in [9.17, 15) is 18.3 Å². The molecule has 15 heavy (non-hydrogen) atoms. The van der Waals surface area contributed by atoms with Crippen LogP contribution in [0.1, 0.15) is 13.8 Å². The number of rotatable bonds is 6. The second kappa shape index (κ2) is 8.64. The molecule has 0 aromatic heterocycles. The predicted molar refractivity (Wildman–Crippen MR) is 41.5 cm³/mol. The summed E-state index contributed by atoms with van der Waals surface area (Å²) in [6.07, 6.45) is 0.437. The van der Waals surface area contributed by atoms with Crippen LogP contribution in [0.2, 0.25) is 0 Å². The molecule has 0 aromatic carbocycles. The SMILES string of the molecule is CC(=O)COOS(=O)(=O)O/C=C(/C)[O-].[K+]. The van der Waals surface area contributed by atoms with E-state index in [-0.39, 0.29) is 51.4 Å². The molecule has 0 aliphatic rings. The van der Waals surface area contributed by atoms with Crippen LogP contribution in [0.15, 0.2) is 12.0 Å². The Kier molecular flexibility index (Phi) is 10.3. The Bertz CT molecular complexity index is 316. The molecule has 0 bridgehead atoms. The third-order valence-corrected chi connectivity index (χ3v) is 1.32. The Balaban J connectivity index is 0. The van der Waals surface area contributed by atoms with Gasteiger partial charge in [0.2, 0.25) is 0 Å². The van der Waals surface area contributed by atoms with Gasteiger partial charge in [-0.25, -0.2) is 4.89 Å². The monoisotopic (exact) mass is 264 g/mol. The summed E-state index contributed by atoms with van der Waals surface area (Å²) in [6, 6.07) is 0. The molecule has 7 nitrogen and oxygen atoms in total. The van der Waals surface area contributed by atoms with Gasteiger partial charge in [-0.1, -0.05) is 17.0 Å². The zero-order valence-electron chi connectivity index (χ0n) is 8.55. The fourth-order valence-electron chi connectivity index (χ4n) is 0.309. The number of hydrogen-bond donors (Lipinski definition) is 0. The Hall–Kier alpha value is 0.516. The summed E-state index contributed by atoms with van der Waals surface area (Å²) < 4.78 is 29.0. The van der Waals surface area contributed by atoms with Gasteiger partial charge in [0.1, 0.15) is 6.61 Å². The van der Waals surface area contributed by atoms with Crippen LogP contribution in [0.3, 0.4) is 0 Å². The van der Waals surface area contributed by atoms with E-state index >= 15 is 0 Å². The molecule has 0 heterocycles. The van der Waals surface area contributed by atoms with Gasteiger partial charge in [0.05, 0.1) is 6.26 Å². The largest absolute Gasteiger partial charge is 1.00 e. The van der Waals surface area contributed by atoms with Crippen molar-refractivity contribution in [2.24, 2.45) is 0 Å². The maximum absolute atomic E-state index is 10.7. The summed E-state index contributed by atoms with van der Waals surface area (Å²) in [7, 11) is -4.42. The summed E-state index contributed by atoms with van der Waals surface area (Å²) in [4.78, 5) is 14.3. The van der Waals surface area contributed by atoms with Crippen LogP contribution in [-0.4, -0.2) is 20.8 Å². The molecule has 0 rings (SSSR count). The molecule has 0 saturated heterocycles. The first-order chi connectivity index (χ1) is 6.33. The quantitative estimate of drug-likeness (QED) is 0.208. The number of allylic oxidation sites excluding steroid dienone is 1. The number of carbonyl (C=O) groups excluding carboxylic acids is 1. The number of carbonyl (C=O) groups is 1. The van der Waals surface area contributed by atoms with Crippen LogP contribution in [0, 0.1) is 0 Å². The molecule has 0 radical (unpaired) electrons. The van der Waals surface area contributed by atoms with Crippen LogP contribution < -0.4 is 56.5 Å². The van der Waals surface area contributed by atoms with Gasteiger partial charge in [0, 0.05) is 0 Å². The normalized spacial score (nSPS) is 11.7. The van der Waals surface area contributed by atoms with Gasteiger partial charge >= 0.3 is 61.8 Å². The van der Waals surface area contributed by atoms with Crippen molar-refractivity contribution in [1.29, 1.82) is 0 Å². The zero-order chi connectivity index (χ0) is 11.2. The van der Waals surface area contributed by atoms with Crippen LogP contribution in [0.25, 0.3) is 0 Å². The first-order valence-electron chi connectivity index (χ1n) is 3.41. The fraction of sp³-hybridized carbons (Fsp3) is 0.500. The van der Waals surface area contributed by atoms with E-state index in [1.165, 1.54) is 6.92 Å². The van der Waals surface area contributed by atoms with Crippen molar-refractivity contribution >= 4 is 16.2 Å². The van der Waals surface area contributed by atoms with Crippen molar-refractivity contribution in [3.8, 4) is 0 Å². The molecule has 0 unspecified atom stereocenters. The van der Waals surface area contributed by atoms with Crippen LogP contribution in [-0.2, 0) is 28.6 Å². The van der Waals surface area contributed by atoms with Crippen molar-refractivity contribution in [1.82, 2.24) is 0 Å². The molecular weight excluding hydrogens is 255 g/mol. The second-order valence-corrected chi connectivity index (χ2v) is 3.41. The molecule has 0 atom stereocenters. The van der Waals surface area contributed by atoms with Crippen molar-refractivity contribution < 1.29 is 83.1 Å². The summed E-state index contributed by atoms with van der Waals surface area (Å²) in [6.45, 7) is 1.74. The van der Waals surface area contributed by atoms with E-state index in [2.05, 4.69) is 13.4 Å². The van der Waals surface area contributed by atoms with Gasteiger partial charge in [-0.05, 0) is 6.92 Å². The molecule has 0 aliphatic heterocycles. The van der Waals surface area contributed by atoms with Gasteiger partial charge in [-0.3, -0.25) is 4.79 Å². The minimum Gasteiger partial charge on any atom is -0.874 e. The first kappa shape index (κ1) is 17.9. The first-order valence-corrected chi connectivity index (χ1v) is 4.74. The Labute approximate surface area is 130 Å². The average Bonchev–Trinajstić information content (AvgIpc) is 2.00. The molecule has 0 N–H and O–H groups in total. The average molecular weight is 264 g/mol. The third-order valence-electron chi connectivity index (χ3n) is 0.726. The number of hydrogen-bond acceptors (Lipinski definition) is 7. The van der Waals surface area contributed by atoms with E-state index in [4.69, 9.17) is 0 Å². The molecule has 0 fully saturated rings. The van der Waals surface area contributed by atoms with Gasteiger partial charge in [0.25, 0.3) is 0 Å². The van der Waals surface area contributed by atoms with E-state index in [0.29, 0.717) is 6.26 Å². The van der Waals surface area contributed by atoms with E-state index in [0.717, 1.165) is 6.92 Å². The molecule has 0 aliphatic carbocycles.